The first-order valence-corrected chi connectivity index (χ1v) is 15.2. The third kappa shape index (κ3) is 6.52. The minimum Gasteiger partial charge on any atom is -0.494 e. The molecule has 2 N–H and O–H groups in total. The number of carbonyl (C=O) groups excluding carboxylic acids is 2. The maximum atomic E-state index is 13.1. The predicted molar refractivity (Wildman–Crippen MR) is 163 cm³/mol. The molecule has 7 nitrogen and oxygen atoms in total. The van der Waals surface area contributed by atoms with Crippen LogP contribution in [0, 0.1) is 0 Å². The zero-order valence-corrected chi connectivity index (χ0v) is 25.0. The zero-order valence-electron chi connectivity index (χ0n) is 24.0. The predicted octanol–water partition coefficient (Wildman–Crippen LogP) is 4.28. The number of hydrogen-bond donors (Lipinski definition) is 2. The van der Waals surface area contributed by atoms with E-state index in [0.29, 0.717) is 17.0 Å². The normalized spacial score (nSPS) is 12.3. The van der Waals surface area contributed by atoms with Gasteiger partial charge < -0.3 is 24.5 Å². The summed E-state index contributed by atoms with van der Waals surface area (Å²) in [6.07, 6.45) is 1.62. The highest BCUT2D eigenvalue weighted by molar-refractivity contribution is 6.99. The minimum absolute atomic E-state index is 0.118. The van der Waals surface area contributed by atoms with Gasteiger partial charge in [-0.2, -0.15) is 0 Å². The molecular weight excluding hydrogens is 520 g/mol. The molecule has 0 aromatic heterocycles. The van der Waals surface area contributed by atoms with Crippen LogP contribution in [0.2, 0.25) is 5.04 Å². The van der Waals surface area contributed by atoms with Crippen LogP contribution < -0.4 is 20.4 Å². The third-order valence-corrected chi connectivity index (χ3v) is 12.0. The molecule has 0 saturated carbocycles. The quantitative estimate of drug-likeness (QED) is 0.255. The fourth-order valence-electron chi connectivity index (χ4n) is 5.28. The Hall–Kier alpha value is -3.72. The van der Waals surface area contributed by atoms with Crippen molar-refractivity contribution in [2.45, 2.75) is 38.8 Å². The number of methoxy groups -OCH3 is 1. The van der Waals surface area contributed by atoms with Crippen LogP contribution in [0.3, 0.4) is 0 Å². The lowest BCUT2D eigenvalue weighted by atomic mass is 10.0. The van der Waals surface area contributed by atoms with Gasteiger partial charge >= 0.3 is 0 Å². The van der Waals surface area contributed by atoms with Gasteiger partial charge in [0.05, 0.1) is 25.4 Å². The van der Waals surface area contributed by atoms with Crippen molar-refractivity contribution >= 4 is 36.2 Å². The molecule has 3 aromatic carbocycles. The smallest absolute Gasteiger partial charge is 0.261 e. The van der Waals surface area contributed by atoms with Crippen LogP contribution in [0.4, 0.5) is 5.69 Å². The Balaban J connectivity index is 2.25. The first kappa shape index (κ1) is 30.8. The number of carbonyl (C=O) groups is 2. The van der Waals surface area contributed by atoms with Crippen molar-refractivity contribution < 1.29 is 23.9 Å². The summed E-state index contributed by atoms with van der Waals surface area (Å²) in [7, 11) is -1.44. The van der Waals surface area contributed by atoms with Gasteiger partial charge in [0.2, 0.25) is 11.8 Å². The minimum atomic E-state index is -2.96. The van der Waals surface area contributed by atoms with E-state index in [-0.39, 0.29) is 24.1 Å². The fraction of sp³-hybridized carbons (Fsp3) is 0.312. The highest BCUT2D eigenvalue weighted by atomic mass is 28.4. The maximum absolute atomic E-state index is 13.1. The molecule has 8 heteroatoms. The Bertz CT molecular complexity index is 1250. The van der Waals surface area contributed by atoms with Crippen molar-refractivity contribution in [3.05, 3.63) is 97.1 Å². The van der Waals surface area contributed by atoms with E-state index in [0.717, 1.165) is 10.4 Å². The summed E-state index contributed by atoms with van der Waals surface area (Å²) in [5.74, 6) is -0.290. The fourth-order valence-corrected chi connectivity index (χ4v) is 9.84. The summed E-state index contributed by atoms with van der Waals surface area (Å²) in [5.41, 5.74) is 1.13. The lowest BCUT2D eigenvalue weighted by Gasteiger charge is -2.44. The number of amides is 2. The van der Waals surface area contributed by atoms with Gasteiger partial charge in [-0.05, 0) is 21.5 Å². The van der Waals surface area contributed by atoms with Gasteiger partial charge in [-0.15, -0.1) is 6.58 Å². The van der Waals surface area contributed by atoms with E-state index in [2.05, 4.69) is 56.9 Å². The monoisotopic (exact) mass is 560 g/mol. The molecule has 0 aliphatic heterocycles. The van der Waals surface area contributed by atoms with E-state index in [1.165, 1.54) is 14.0 Å². The largest absolute Gasteiger partial charge is 0.494 e. The van der Waals surface area contributed by atoms with Crippen molar-refractivity contribution in [3.63, 3.8) is 0 Å². The second-order valence-corrected chi connectivity index (χ2v) is 14.9. The number of para-hydroxylation sites is 1. The molecule has 0 unspecified atom stereocenters. The van der Waals surface area contributed by atoms with Crippen LogP contribution in [0.1, 0.15) is 39.3 Å². The Labute approximate surface area is 238 Å². The van der Waals surface area contributed by atoms with E-state index < -0.39 is 26.9 Å². The van der Waals surface area contributed by atoms with Crippen molar-refractivity contribution in [3.8, 4) is 5.75 Å². The Morgan fingerprint density at radius 2 is 1.57 bits per heavy atom. The molecule has 0 fully saturated rings. The topological polar surface area (TPSA) is 88.1 Å². The Kier molecular flexibility index (Phi) is 10.4. The van der Waals surface area contributed by atoms with Crippen molar-refractivity contribution in [2.24, 2.45) is 0 Å². The SMILES string of the molecule is C=CCN(C(=O)CO)[C@@H](CO[Si](c1ccccc1)(c1ccccc1)C(C)(C)C)c1cccc(NC(C)=O)c1OC. The van der Waals surface area contributed by atoms with Crippen LogP contribution in [0.15, 0.2) is 91.5 Å². The number of anilines is 1. The van der Waals surface area contributed by atoms with Gasteiger partial charge in [-0.3, -0.25) is 9.59 Å². The molecule has 0 spiro atoms. The van der Waals surface area contributed by atoms with E-state index >= 15 is 0 Å². The van der Waals surface area contributed by atoms with Gasteiger partial charge in [0.1, 0.15) is 12.4 Å². The van der Waals surface area contributed by atoms with Crippen molar-refractivity contribution in [2.75, 3.05) is 32.2 Å². The maximum Gasteiger partial charge on any atom is 0.261 e. The van der Waals surface area contributed by atoms with E-state index in [4.69, 9.17) is 9.16 Å². The summed E-state index contributed by atoms with van der Waals surface area (Å²) in [4.78, 5) is 26.6. The van der Waals surface area contributed by atoms with Crippen molar-refractivity contribution in [1.82, 2.24) is 4.90 Å². The molecule has 3 rings (SSSR count). The number of rotatable bonds is 12. The summed E-state index contributed by atoms with van der Waals surface area (Å²) in [6, 6.07) is 25.2. The lowest BCUT2D eigenvalue weighted by molar-refractivity contribution is -0.136. The second-order valence-electron chi connectivity index (χ2n) is 10.6. The van der Waals surface area contributed by atoms with E-state index in [9.17, 15) is 14.7 Å². The number of ether oxygens (including phenoxy) is 1. The van der Waals surface area contributed by atoms with Gasteiger partial charge in [-0.1, -0.05) is 99.6 Å². The average molecular weight is 561 g/mol. The summed E-state index contributed by atoms with van der Waals surface area (Å²) < 4.78 is 13.0. The van der Waals surface area contributed by atoms with Gasteiger partial charge in [0, 0.05) is 19.0 Å². The molecule has 1 atom stereocenters. The molecular formula is C32H40N2O5Si. The first-order chi connectivity index (χ1) is 19.1. The molecule has 3 aromatic rings. The summed E-state index contributed by atoms with van der Waals surface area (Å²) in [5, 5.41) is 14.6. The van der Waals surface area contributed by atoms with E-state index in [1.54, 1.807) is 23.1 Å². The molecule has 0 bridgehead atoms. The first-order valence-electron chi connectivity index (χ1n) is 13.3. The van der Waals surface area contributed by atoms with Crippen LogP contribution in [-0.4, -0.2) is 57.0 Å². The van der Waals surface area contributed by atoms with Crippen LogP contribution in [0.5, 0.6) is 5.75 Å². The number of benzene rings is 3. The molecule has 0 heterocycles. The highest BCUT2D eigenvalue weighted by Crippen LogP contribution is 2.40. The molecule has 0 radical (unpaired) electrons. The molecule has 212 valence electrons. The molecule has 0 saturated heterocycles. The number of aliphatic hydroxyl groups is 1. The molecule has 0 aliphatic rings. The van der Waals surface area contributed by atoms with Crippen LogP contribution >= 0.6 is 0 Å². The number of hydrogen-bond acceptors (Lipinski definition) is 5. The molecule has 40 heavy (non-hydrogen) atoms. The molecule has 2 amide bonds. The van der Waals surface area contributed by atoms with E-state index in [1.807, 2.05) is 42.5 Å². The Morgan fingerprint density at radius 3 is 2.02 bits per heavy atom. The lowest BCUT2D eigenvalue weighted by Crippen LogP contribution is -2.67. The number of nitrogens with zero attached hydrogens (tertiary/aromatic N) is 1. The highest BCUT2D eigenvalue weighted by Gasteiger charge is 2.50. The third-order valence-electron chi connectivity index (χ3n) is 6.95. The van der Waals surface area contributed by atoms with Gasteiger partial charge in [-0.25, -0.2) is 0 Å². The summed E-state index contributed by atoms with van der Waals surface area (Å²) in [6.45, 7) is 11.5. The second kappa shape index (κ2) is 13.6. The molecule has 0 aliphatic carbocycles. The summed E-state index contributed by atoms with van der Waals surface area (Å²) >= 11 is 0. The standard InChI is InChI=1S/C32H40N2O5Si/c1-7-21-34(30(37)22-35)29(27-19-14-20-28(31(27)38-6)33-24(2)36)23-39-40(32(3,4)5,25-15-10-8-11-16-25)26-17-12-9-13-18-26/h7-20,29,35H,1,21-23H2,2-6H3,(H,33,36)/t29-/m0/s1. The van der Waals surface area contributed by atoms with Gasteiger partial charge in [0.25, 0.3) is 8.32 Å². The van der Waals surface area contributed by atoms with Gasteiger partial charge in [0.15, 0.2) is 0 Å². The zero-order chi connectivity index (χ0) is 29.3. The number of aliphatic hydroxyl groups excluding tert-OH is 1. The van der Waals surface area contributed by atoms with Crippen LogP contribution in [-0.2, 0) is 14.0 Å². The van der Waals surface area contributed by atoms with Crippen molar-refractivity contribution in [1.29, 1.82) is 0 Å². The van der Waals surface area contributed by atoms with Crippen LogP contribution in [0.25, 0.3) is 0 Å². The number of nitrogens with one attached hydrogen (secondary N) is 1. The Morgan fingerprint density at radius 1 is 1.00 bits per heavy atom. The average Bonchev–Trinajstić information content (AvgIpc) is 2.94.